The van der Waals surface area contributed by atoms with Crippen LogP contribution in [0.2, 0.25) is 0 Å². The maximum atomic E-state index is 12.6. The largest absolute Gasteiger partial charge is 0.492 e. The van der Waals surface area contributed by atoms with E-state index in [0.29, 0.717) is 0 Å². The van der Waals surface area contributed by atoms with Crippen molar-refractivity contribution >= 4 is 11.9 Å². The molecule has 0 radical (unpaired) electrons. The van der Waals surface area contributed by atoms with E-state index >= 15 is 0 Å². The van der Waals surface area contributed by atoms with Gasteiger partial charge in [0.25, 0.3) is 0 Å². The van der Waals surface area contributed by atoms with Crippen LogP contribution in [-0.2, 0) is 43.4 Å². The Hall–Kier alpha value is -3.89. The second-order valence-corrected chi connectivity index (χ2v) is 5.56. The predicted octanol–water partition coefficient (Wildman–Crippen LogP) is -0.654. The number of esters is 2. The summed E-state index contributed by atoms with van der Waals surface area (Å²) in [4.78, 5) is 60.2. The highest BCUT2D eigenvalue weighted by molar-refractivity contribution is 5.81. The van der Waals surface area contributed by atoms with Gasteiger partial charge in [0.2, 0.25) is 0 Å². The monoisotopic (exact) mass is 421 g/mol. The van der Waals surface area contributed by atoms with Gasteiger partial charge in [0.1, 0.15) is 25.6 Å². The van der Waals surface area contributed by atoms with Gasteiger partial charge in [-0.1, -0.05) is 26.3 Å². The van der Waals surface area contributed by atoms with Crippen molar-refractivity contribution in [1.29, 1.82) is 0 Å². The first kappa shape index (κ1) is 24.1. The van der Waals surface area contributed by atoms with Gasteiger partial charge in [-0.3, -0.25) is 0 Å². The van der Waals surface area contributed by atoms with Crippen LogP contribution in [0.25, 0.3) is 0 Å². The van der Waals surface area contributed by atoms with Gasteiger partial charge in [0.15, 0.2) is 0 Å². The van der Waals surface area contributed by atoms with E-state index in [2.05, 4.69) is 26.3 Å². The van der Waals surface area contributed by atoms with Crippen molar-refractivity contribution in [3.05, 3.63) is 81.8 Å². The number of aromatic nitrogens is 3. The van der Waals surface area contributed by atoms with Crippen LogP contribution < -0.4 is 17.1 Å². The molecular formula is C19H23N3O8. The lowest BCUT2D eigenvalue weighted by atomic mass is 10.5. The maximum absolute atomic E-state index is 12.6. The van der Waals surface area contributed by atoms with Gasteiger partial charge in [-0.15, -0.1) is 0 Å². The Morgan fingerprint density at radius 3 is 1.30 bits per heavy atom. The van der Waals surface area contributed by atoms with Crippen LogP contribution in [0.3, 0.4) is 0 Å². The van der Waals surface area contributed by atoms with E-state index in [1.165, 1.54) is 6.08 Å². The lowest BCUT2D eigenvalue weighted by Crippen LogP contribution is -2.55. The fourth-order valence-corrected chi connectivity index (χ4v) is 2.18. The van der Waals surface area contributed by atoms with Crippen LogP contribution in [0.15, 0.2) is 64.7 Å². The molecule has 162 valence electrons. The molecule has 0 aliphatic rings. The number of hydrogen-bond donors (Lipinski definition) is 0. The number of rotatable bonds is 13. The fraction of sp³-hybridized carbons (Fsp3) is 0.316. The van der Waals surface area contributed by atoms with Gasteiger partial charge >= 0.3 is 29.0 Å². The van der Waals surface area contributed by atoms with Crippen molar-refractivity contribution in [2.45, 2.75) is 19.6 Å². The molecule has 30 heavy (non-hydrogen) atoms. The normalized spacial score (nSPS) is 10.0. The molecule has 0 aliphatic heterocycles. The highest BCUT2D eigenvalue weighted by Gasteiger charge is 2.16. The lowest BCUT2D eigenvalue weighted by Gasteiger charge is -2.14. The van der Waals surface area contributed by atoms with E-state index in [9.17, 15) is 24.0 Å². The molecule has 0 spiro atoms. The Labute approximate surface area is 171 Å². The molecule has 1 rings (SSSR count). The first-order valence-corrected chi connectivity index (χ1v) is 8.73. The number of carbonyl (C=O) groups is 2. The second kappa shape index (κ2) is 11.8. The minimum absolute atomic E-state index is 0.0882. The van der Waals surface area contributed by atoms with E-state index in [-0.39, 0.29) is 45.2 Å². The van der Waals surface area contributed by atoms with Crippen molar-refractivity contribution < 1.29 is 23.8 Å². The summed E-state index contributed by atoms with van der Waals surface area (Å²) in [7, 11) is 0. The summed E-state index contributed by atoms with van der Waals surface area (Å²) in [5, 5.41) is 0. The van der Waals surface area contributed by atoms with Gasteiger partial charge < -0.3 is 14.2 Å². The Kier molecular flexibility index (Phi) is 9.53. The standard InChI is InChI=1S/C19H23N3O8/c1-5-14(4)28-11-8-20-17(25)21(9-12-29-15(23)6-2)19(27)22(18(20)26)10-13-30-16(24)7-3/h5-7H,1-4,8-13H2. The molecule has 0 amide bonds. The second-order valence-electron chi connectivity index (χ2n) is 5.56. The zero-order valence-electron chi connectivity index (χ0n) is 16.4. The summed E-state index contributed by atoms with van der Waals surface area (Å²) in [6, 6.07) is 0. The summed E-state index contributed by atoms with van der Waals surface area (Å²) in [6.07, 6.45) is 3.21. The zero-order chi connectivity index (χ0) is 22.7. The van der Waals surface area contributed by atoms with Crippen molar-refractivity contribution in [3.8, 4) is 0 Å². The van der Waals surface area contributed by atoms with Crippen LogP contribution in [0.1, 0.15) is 0 Å². The molecule has 1 aromatic rings. The lowest BCUT2D eigenvalue weighted by molar-refractivity contribution is -0.138. The molecule has 1 heterocycles. The Morgan fingerprint density at radius 1 is 0.667 bits per heavy atom. The summed E-state index contributed by atoms with van der Waals surface area (Å²) in [5.74, 6) is -1.22. The van der Waals surface area contributed by atoms with Gasteiger partial charge in [0, 0.05) is 12.2 Å². The smallest absolute Gasteiger partial charge is 0.336 e. The molecule has 0 saturated heterocycles. The quantitative estimate of drug-likeness (QED) is 0.178. The maximum Gasteiger partial charge on any atom is 0.336 e. The third kappa shape index (κ3) is 6.62. The number of ether oxygens (including phenoxy) is 3. The molecular weight excluding hydrogens is 398 g/mol. The van der Waals surface area contributed by atoms with Crippen LogP contribution in [0, 0.1) is 0 Å². The van der Waals surface area contributed by atoms with Gasteiger partial charge in [0.05, 0.1) is 19.6 Å². The molecule has 0 fully saturated rings. The zero-order valence-corrected chi connectivity index (χ0v) is 16.4. The Balaban J connectivity index is 3.24. The number of carbonyl (C=O) groups excluding carboxylic acids is 2. The van der Waals surface area contributed by atoms with Crippen LogP contribution >= 0.6 is 0 Å². The summed E-state index contributed by atoms with van der Waals surface area (Å²) < 4.78 is 17.0. The van der Waals surface area contributed by atoms with Crippen molar-refractivity contribution in [1.82, 2.24) is 13.7 Å². The first-order chi connectivity index (χ1) is 14.3. The molecule has 0 aliphatic carbocycles. The third-order valence-electron chi connectivity index (χ3n) is 3.67. The predicted molar refractivity (Wildman–Crippen MR) is 107 cm³/mol. The van der Waals surface area contributed by atoms with Gasteiger partial charge in [-0.05, 0) is 6.08 Å². The molecule has 0 aromatic carbocycles. The van der Waals surface area contributed by atoms with E-state index in [1.807, 2.05) is 0 Å². The van der Waals surface area contributed by atoms with Crippen molar-refractivity contribution in [2.24, 2.45) is 0 Å². The minimum Gasteiger partial charge on any atom is -0.492 e. The van der Waals surface area contributed by atoms with Crippen LogP contribution in [0.5, 0.6) is 0 Å². The number of allylic oxidation sites excluding steroid dienone is 1. The van der Waals surface area contributed by atoms with Gasteiger partial charge in [-0.25, -0.2) is 37.7 Å². The molecule has 0 bridgehead atoms. The Morgan fingerprint density at radius 2 is 1.00 bits per heavy atom. The average molecular weight is 421 g/mol. The molecule has 0 N–H and O–H groups in total. The topological polar surface area (TPSA) is 128 Å². The van der Waals surface area contributed by atoms with E-state index in [0.717, 1.165) is 25.9 Å². The number of hydrogen-bond acceptors (Lipinski definition) is 8. The van der Waals surface area contributed by atoms with Crippen LogP contribution in [0.4, 0.5) is 0 Å². The van der Waals surface area contributed by atoms with Crippen molar-refractivity contribution in [2.75, 3.05) is 19.8 Å². The first-order valence-electron chi connectivity index (χ1n) is 8.73. The van der Waals surface area contributed by atoms with Gasteiger partial charge in [-0.2, -0.15) is 0 Å². The molecule has 0 saturated carbocycles. The molecule has 11 heteroatoms. The van der Waals surface area contributed by atoms with Crippen LogP contribution in [-0.4, -0.2) is 45.5 Å². The Bertz CT molecular complexity index is 853. The van der Waals surface area contributed by atoms with E-state index < -0.39 is 29.0 Å². The van der Waals surface area contributed by atoms with E-state index in [4.69, 9.17) is 14.2 Å². The summed E-state index contributed by atoms with van der Waals surface area (Å²) in [6.45, 7) is 12.0. The molecule has 11 nitrogen and oxygen atoms in total. The third-order valence-corrected chi connectivity index (χ3v) is 3.67. The summed E-state index contributed by atoms with van der Waals surface area (Å²) >= 11 is 0. The molecule has 1 aromatic heterocycles. The SMILES string of the molecule is C=CC(=C)OCCn1c(=O)n(CCOC(=O)C=C)c(=O)n(CCOC(=O)C=C)c1=O. The molecule has 0 unspecified atom stereocenters. The fourth-order valence-electron chi connectivity index (χ4n) is 2.18. The highest BCUT2D eigenvalue weighted by atomic mass is 16.5. The average Bonchev–Trinajstić information content (AvgIpc) is 2.74. The van der Waals surface area contributed by atoms with E-state index in [1.54, 1.807) is 0 Å². The summed E-state index contributed by atoms with van der Waals surface area (Å²) in [5.41, 5.74) is -2.76. The highest BCUT2D eigenvalue weighted by Crippen LogP contribution is 1.93. The molecule has 0 atom stereocenters. The number of nitrogens with zero attached hydrogens (tertiary/aromatic N) is 3. The van der Waals surface area contributed by atoms with Crippen molar-refractivity contribution in [3.63, 3.8) is 0 Å². The minimum atomic E-state index is -0.943.